The molecule has 166 valence electrons. The maximum Gasteiger partial charge on any atom is 0.270 e. The summed E-state index contributed by atoms with van der Waals surface area (Å²) in [7, 11) is -3.85. The third kappa shape index (κ3) is 6.02. The monoisotopic (exact) mass is 445 g/mol. The van der Waals surface area contributed by atoms with E-state index in [-0.39, 0.29) is 23.7 Å². The minimum Gasteiger partial charge on any atom is -0.357 e. The SMILES string of the molecule is CCNC(=NCCNS(=O)(=O)c1cccc([N+](=O)[O-])c1)N1CCC(c2ccccc2)C1. The molecule has 0 saturated carbocycles. The van der Waals surface area contributed by atoms with Crippen molar-refractivity contribution in [1.29, 1.82) is 0 Å². The number of hydrogen-bond donors (Lipinski definition) is 2. The van der Waals surface area contributed by atoms with Gasteiger partial charge in [-0.25, -0.2) is 13.1 Å². The van der Waals surface area contributed by atoms with Gasteiger partial charge in [-0.3, -0.25) is 15.1 Å². The van der Waals surface area contributed by atoms with Gasteiger partial charge in [-0.05, 0) is 25.0 Å². The summed E-state index contributed by atoms with van der Waals surface area (Å²) in [4.78, 5) is 16.9. The number of nitro groups is 1. The van der Waals surface area contributed by atoms with Crippen molar-refractivity contribution in [2.45, 2.75) is 24.2 Å². The van der Waals surface area contributed by atoms with Crippen molar-refractivity contribution in [3.05, 3.63) is 70.3 Å². The molecule has 2 aromatic rings. The van der Waals surface area contributed by atoms with Crippen LogP contribution in [0, 0.1) is 10.1 Å². The number of nitrogens with zero attached hydrogens (tertiary/aromatic N) is 3. The van der Waals surface area contributed by atoms with Gasteiger partial charge in [-0.15, -0.1) is 0 Å². The molecule has 0 radical (unpaired) electrons. The molecule has 31 heavy (non-hydrogen) atoms. The Labute approximate surface area is 182 Å². The highest BCUT2D eigenvalue weighted by Crippen LogP contribution is 2.26. The number of likely N-dealkylation sites (tertiary alicyclic amines) is 1. The molecule has 0 amide bonds. The van der Waals surface area contributed by atoms with E-state index in [1.54, 1.807) is 0 Å². The Kier molecular flexibility index (Phi) is 7.59. The molecule has 9 nitrogen and oxygen atoms in total. The van der Waals surface area contributed by atoms with Crippen LogP contribution in [0.25, 0.3) is 0 Å². The number of aliphatic imine (C=N–C) groups is 1. The van der Waals surface area contributed by atoms with Crippen LogP contribution in [-0.2, 0) is 10.0 Å². The van der Waals surface area contributed by atoms with Gasteiger partial charge in [0.05, 0.1) is 16.4 Å². The molecule has 0 aromatic heterocycles. The van der Waals surface area contributed by atoms with Crippen LogP contribution in [0.3, 0.4) is 0 Å². The number of non-ortho nitro benzene ring substituents is 1. The normalized spacial score (nSPS) is 17.0. The highest BCUT2D eigenvalue weighted by Gasteiger charge is 2.26. The van der Waals surface area contributed by atoms with Crippen LogP contribution in [0.1, 0.15) is 24.8 Å². The first-order valence-corrected chi connectivity index (χ1v) is 11.7. The Balaban J connectivity index is 1.59. The van der Waals surface area contributed by atoms with Crippen molar-refractivity contribution < 1.29 is 13.3 Å². The third-order valence-electron chi connectivity index (χ3n) is 5.10. The Bertz CT molecular complexity index is 1030. The van der Waals surface area contributed by atoms with Crippen LogP contribution in [0.5, 0.6) is 0 Å². The number of nitrogens with one attached hydrogen (secondary N) is 2. The summed E-state index contributed by atoms with van der Waals surface area (Å²) in [6.45, 7) is 4.79. The van der Waals surface area contributed by atoms with Gasteiger partial charge < -0.3 is 10.2 Å². The highest BCUT2D eigenvalue weighted by molar-refractivity contribution is 7.89. The molecule has 2 aromatic carbocycles. The van der Waals surface area contributed by atoms with Gasteiger partial charge in [-0.2, -0.15) is 0 Å². The first-order chi connectivity index (χ1) is 14.9. The smallest absolute Gasteiger partial charge is 0.270 e. The molecule has 1 aliphatic heterocycles. The number of nitro benzene ring substituents is 1. The van der Waals surface area contributed by atoms with Gasteiger partial charge in [0.25, 0.3) is 5.69 Å². The zero-order valence-corrected chi connectivity index (χ0v) is 18.2. The van der Waals surface area contributed by atoms with Crippen LogP contribution in [0.2, 0.25) is 0 Å². The van der Waals surface area contributed by atoms with Crippen LogP contribution in [-0.4, -0.2) is 56.9 Å². The summed E-state index contributed by atoms with van der Waals surface area (Å²) in [5, 5.41) is 14.1. The van der Waals surface area contributed by atoms with Gasteiger partial charge in [0.15, 0.2) is 5.96 Å². The third-order valence-corrected chi connectivity index (χ3v) is 6.56. The maximum atomic E-state index is 12.4. The predicted molar refractivity (Wildman–Crippen MR) is 120 cm³/mol. The van der Waals surface area contributed by atoms with Crippen molar-refractivity contribution >= 4 is 21.7 Å². The van der Waals surface area contributed by atoms with Gasteiger partial charge >= 0.3 is 0 Å². The number of hydrogen-bond acceptors (Lipinski definition) is 5. The summed E-state index contributed by atoms with van der Waals surface area (Å²) in [6.07, 6.45) is 1.04. The molecule has 1 saturated heterocycles. The van der Waals surface area contributed by atoms with E-state index in [0.29, 0.717) is 12.5 Å². The molecule has 0 aliphatic carbocycles. The largest absolute Gasteiger partial charge is 0.357 e. The van der Waals surface area contributed by atoms with Gasteiger partial charge in [0.1, 0.15) is 0 Å². The molecule has 0 spiro atoms. The molecule has 3 rings (SSSR count). The fourth-order valence-corrected chi connectivity index (χ4v) is 4.63. The maximum absolute atomic E-state index is 12.4. The van der Waals surface area contributed by atoms with Gasteiger partial charge in [-0.1, -0.05) is 36.4 Å². The zero-order valence-electron chi connectivity index (χ0n) is 17.4. The Morgan fingerprint density at radius 3 is 2.71 bits per heavy atom. The van der Waals surface area contributed by atoms with E-state index < -0.39 is 14.9 Å². The lowest BCUT2D eigenvalue weighted by molar-refractivity contribution is -0.385. The Morgan fingerprint density at radius 2 is 2.00 bits per heavy atom. The van der Waals surface area contributed by atoms with E-state index >= 15 is 0 Å². The van der Waals surface area contributed by atoms with Crippen molar-refractivity contribution in [3.8, 4) is 0 Å². The first-order valence-electron chi connectivity index (χ1n) is 10.2. The van der Waals surface area contributed by atoms with Crippen LogP contribution in [0.4, 0.5) is 5.69 Å². The van der Waals surface area contributed by atoms with Crippen molar-refractivity contribution in [2.75, 3.05) is 32.7 Å². The van der Waals surface area contributed by atoms with E-state index in [1.807, 2.05) is 25.1 Å². The van der Waals surface area contributed by atoms with Crippen LogP contribution < -0.4 is 10.0 Å². The second-order valence-electron chi connectivity index (χ2n) is 7.23. The summed E-state index contributed by atoms with van der Waals surface area (Å²) in [6, 6.07) is 15.4. The lowest BCUT2D eigenvalue weighted by Crippen LogP contribution is -2.40. The Morgan fingerprint density at radius 1 is 1.23 bits per heavy atom. The second kappa shape index (κ2) is 10.4. The summed E-state index contributed by atoms with van der Waals surface area (Å²) in [5.74, 6) is 1.20. The number of benzene rings is 2. The average Bonchev–Trinajstić information content (AvgIpc) is 3.27. The predicted octanol–water partition coefficient (Wildman–Crippen LogP) is 2.33. The fourth-order valence-electron chi connectivity index (χ4n) is 3.57. The van der Waals surface area contributed by atoms with E-state index in [0.717, 1.165) is 31.5 Å². The van der Waals surface area contributed by atoms with Crippen LogP contribution >= 0.6 is 0 Å². The van der Waals surface area contributed by atoms with Gasteiger partial charge in [0.2, 0.25) is 10.0 Å². The minimum absolute atomic E-state index is 0.0931. The fraction of sp³-hybridized carbons (Fsp3) is 0.381. The second-order valence-corrected chi connectivity index (χ2v) is 9.00. The molecule has 0 bridgehead atoms. The summed E-state index contributed by atoms with van der Waals surface area (Å²) < 4.78 is 27.3. The molecular weight excluding hydrogens is 418 g/mol. The Hall–Kier alpha value is -2.98. The molecular formula is C21H27N5O4S. The number of guanidine groups is 1. The van der Waals surface area contributed by atoms with E-state index in [2.05, 4.69) is 32.1 Å². The van der Waals surface area contributed by atoms with Crippen molar-refractivity contribution in [1.82, 2.24) is 14.9 Å². The molecule has 1 unspecified atom stereocenters. The topological polar surface area (TPSA) is 117 Å². The lowest BCUT2D eigenvalue weighted by atomic mass is 9.99. The quantitative estimate of drug-likeness (QED) is 0.212. The number of sulfonamides is 1. The molecule has 2 N–H and O–H groups in total. The van der Waals surface area contributed by atoms with Crippen molar-refractivity contribution in [2.24, 2.45) is 4.99 Å². The standard InChI is InChI=1S/C21H27N5O4S/c1-2-22-21(25-14-11-18(16-25)17-7-4-3-5-8-17)23-12-13-24-31(29,30)20-10-6-9-19(15-20)26(27)28/h3-10,15,18,24H,2,11-14,16H2,1H3,(H,22,23). The molecule has 1 atom stereocenters. The molecule has 1 fully saturated rings. The first kappa shape index (κ1) is 22.7. The van der Waals surface area contributed by atoms with Crippen molar-refractivity contribution in [3.63, 3.8) is 0 Å². The highest BCUT2D eigenvalue weighted by atomic mass is 32.2. The van der Waals surface area contributed by atoms with E-state index in [9.17, 15) is 18.5 Å². The lowest BCUT2D eigenvalue weighted by Gasteiger charge is -2.21. The van der Waals surface area contributed by atoms with Gasteiger partial charge in [0, 0.05) is 44.2 Å². The minimum atomic E-state index is -3.85. The average molecular weight is 446 g/mol. The van der Waals surface area contributed by atoms with Crippen LogP contribution in [0.15, 0.2) is 64.5 Å². The molecule has 1 heterocycles. The molecule has 1 aliphatic rings. The molecule has 10 heteroatoms. The van der Waals surface area contributed by atoms with E-state index in [4.69, 9.17) is 0 Å². The summed E-state index contributed by atoms with van der Waals surface area (Å²) >= 11 is 0. The summed E-state index contributed by atoms with van der Waals surface area (Å²) in [5.41, 5.74) is 1.04. The zero-order chi connectivity index (χ0) is 22.3. The van der Waals surface area contributed by atoms with E-state index in [1.165, 1.54) is 23.8 Å². The number of rotatable bonds is 8.